The first-order valence-electron chi connectivity index (χ1n) is 4.68. The molecule has 0 rings (SSSR count). The predicted molar refractivity (Wildman–Crippen MR) is 58.6 cm³/mol. The Labute approximate surface area is 81.5 Å². The van der Waals surface area contributed by atoms with Crippen LogP contribution in [0.15, 0.2) is 38.0 Å². The monoisotopic (exact) mass is 180 g/mol. The van der Waals surface area contributed by atoms with Gasteiger partial charge in [-0.3, -0.25) is 0 Å². The van der Waals surface area contributed by atoms with Gasteiger partial charge in [-0.1, -0.05) is 18.2 Å². The van der Waals surface area contributed by atoms with E-state index in [0.29, 0.717) is 0 Å². The van der Waals surface area contributed by atoms with E-state index in [4.69, 9.17) is 0 Å². The number of aliphatic hydroxyl groups excluding tert-OH is 1. The highest BCUT2D eigenvalue weighted by atomic mass is 16.3. The summed E-state index contributed by atoms with van der Waals surface area (Å²) in [6, 6.07) is 0. The Morgan fingerprint density at radius 1 is 1.00 bits per heavy atom. The highest BCUT2D eigenvalue weighted by Gasteiger charge is 2.25. The molecule has 0 aromatic heterocycles. The topological polar surface area (TPSA) is 20.2 Å². The van der Waals surface area contributed by atoms with Crippen molar-refractivity contribution in [1.29, 1.82) is 0 Å². The molecule has 0 unspecified atom stereocenters. The van der Waals surface area contributed by atoms with Crippen molar-refractivity contribution in [3.8, 4) is 0 Å². The standard InChI is InChI=1S/C12H20O/c1-4-7-10-12(11-13,8-5-2)9-6-3/h4-6,13H,1-3,7-11H2. The smallest absolute Gasteiger partial charge is 0.0493 e. The molecule has 0 aromatic carbocycles. The van der Waals surface area contributed by atoms with Crippen LogP contribution in [0.3, 0.4) is 0 Å². The molecule has 0 aliphatic heterocycles. The van der Waals surface area contributed by atoms with E-state index < -0.39 is 0 Å². The van der Waals surface area contributed by atoms with Gasteiger partial charge in [-0.25, -0.2) is 0 Å². The molecule has 13 heavy (non-hydrogen) atoms. The number of rotatable bonds is 8. The highest BCUT2D eigenvalue weighted by Crippen LogP contribution is 2.32. The molecule has 1 nitrogen and oxygen atoms in total. The van der Waals surface area contributed by atoms with Gasteiger partial charge >= 0.3 is 0 Å². The van der Waals surface area contributed by atoms with Crippen LogP contribution in [0.1, 0.15) is 25.7 Å². The van der Waals surface area contributed by atoms with E-state index in [9.17, 15) is 5.11 Å². The number of allylic oxidation sites excluding steroid dienone is 3. The summed E-state index contributed by atoms with van der Waals surface area (Å²) in [6.07, 6.45) is 9.17. The van der Waals surface area contributed by atoms with Gasteiger partial charge in [0.15, 0.2) is 0 Å². The molecule has 0 aliphatic carbocycles. The van der Waals surface area contributed by atoms with Crippen LogP contribution in [0.4, 0.5) is 0 Å². The van der Waals surface area contributed by atoms with E-state index in [-0.39, 0.29) is 12.0 Å². The zero-order valence-corrected chi connectivity index (χ0v) is 8.34. The maximum Gasteiger partial charge on any atom is 0.0493 e. The zero-order valence-electron chi connectivity index (χ0n) is 8.34. The molecule has 0 heterocycles. The first-order valence-corrected chi connectivity index (χ1v) is 4.68. The van der Waals surface area contributed by atoms with Crippen LogP contribution in [0, 0.1) is 5.41 Å². The molecule has 1 N–H and O–H groups in total. The van der Waals surface area contributed by atoms with Crippen molar-refractivity contribution >= 4 is 0 Å². The van der Waals surface area contributed by atoms with Gasteiger partial charge in [0.05, 0.1) is 0 Å². The SMILES string of the molecule is C=CCCC(CO)(CC=C)CC=C. The van der Waals surface area contributed by atoms with Crippen molar-refractivity contribution in [2.45, 2.75) is 25.7 Å². The van der Waals surface area contributed by atoms with E-state index in [1.807, 2.05) is 18.2 Å². The second kappa shape index (κ2) is 6.67. The fraction of sp³-hybridized carbons (Fsp3) is 0.500. The summed E-state index contributed by atoms with van der Waals surface area (Å²) < 4.78 is 0. The average molecular weight is 180 g/mol. The summed E-state index contributed by atoms with van der Waals surface area (Å²) >= 11 is 0. The Kier molecular flexibility index (Phi) is 6.25. The quantitative estimate of drug-likeness (QED) is 0.569. The van der Waals surface area contributed by atoms with Gasteiger partial charge in [-0.05, 0) is 25.7 Å². The largest absolute Gasteiger partial charge is 0.396 e. The Bertz CT molecular complexity index is 160. The second-order valence-electron chi connectivity index (χ2n) is 3.47. The molecule has 0 amide bonds. The lowest BCUT2D eigenvalue weighted by Crippen LogP contribution is -2.23. The van der Waals surface area contributed by atoms with E-state index in [2.05, 4.69) is 19.7 Å². The van der Waals surface area contributed by atoms with Crippen LogP contribution in [0.2, 0.25) is 0 Å². The molecule has 0 radical (unpaired) electrons. The molecule has 0 saturated carbocycles. The fourth-order valence-corrected chi connectivity index (χ4v) is 1.52. The van der Waals surface area contributed by atoms with Crippen molar-refractivity contribution in [2.75, 3.05) is 6.61 Å². The minimum atomic E-state index is -0.0578. The van der Waals surface area contributed by atoms with Gasteiger partial charge in [-0.15, -0.1) is 19.7 Å². The maximum absolute atomic E-state index is 9.34. The molecule has 0 aromatic rings. The Hall–Kier alpha value is -0.820. The van der Waals surface area contributed by atoms with Crippen LogP contribution in [0.5, 0.6) is 0 Å². The summed E-state index contributed by atoms with van der Waals surface area (Å²) in [5, 5.41) is 9.34. The third kappa shape index (κ3) is 4.09. The number of hydrogen-bond acceptors (Lipinski definition) is 1. The molecular formula is C12H20O. The zero-order chi connectivity index (χ0) is 10.2. The molecule has 0 bridgehead atoms. The van der Waals surface area contributed by atoms with Crippen molar-refractivity contribution in [1.82, 2.24) is 0 Å². The Morgan fingerprint density at radius 3 is 1.85 bits per heavy atom. The van der Waals surface area contributed by atoms with Gasteiger partial charge in [0, 0.05) is 12.0 Å². The van der Waals surface area contributed by atoms with Crippen molar-refractivity contribution < 1.29 is 5.11 Å². The highest BCUT2D eigenvalue weighted by molar-refractivity contribution is 4.92. The van der Waals surface area contributed by atoms with E-state index in [1.165, 1.54) is 0 Å². The van der Waals surface area contributed by atoms with Crippen molar-refractivity contribution in [3.05, 3.63) is 38.0 Å². The fourth-order valence-electron chi connectivity index (χ4n) is 1.52. The molecule has 0 aliphatic rings. The first kappa shape index (κ1) is 12.2. The molecule has 0 atom stereocenters. The van der Waals surface area contributed by atoms with Gasteiger partial charge in [0.25, 0.3) is 0 Å². The van der Waals surface area contributed by atoms with Crippen LogP contribution < -0.4 is 0 Å². The van der Waals surface area contributed by atoms with Crippen LogP contribution in [-0.2, 0) is 0 Å². The molecule has 0 fully saturated rings. The number of hydrogen-bond donors (Lipinski definition) is 1. The molecular weight excluding hydrogens is 160 g/mol. The van der Waals surface area contributed by atoms with E-state index >= 15 is 0 Å². The minimum Gasteiger partial charge on any atom is -0.396 e. The molecule has 1 heteroatoms. The minimum absolute atomic E-state index is 0.0578. The third-order valence-electron chi connectivity index (χ3n) is 2.37. The summed E-state index contributed by atoms with van der Waals surface area (Å²) in [7, 11) is 0. The lowest BCUT2D eigenvalue weighted by atomic mass is 9.78. The summed E-state index contributed by atoms with van der Waals surface area (Å²) in [5.74, 6) is 0. The Balaban J connectivity index is 4.31. The summed E-state index contributed by atoms with van der Waals surface area (Å²) in [6.45, 7) is 11.3. The summed E-state index contributed by atoms with van der Waals surface area (Å²) in [5.41, 5.74) is -0.0578. The Morgan fingerprint density at radius 2 is 1.54 bits per heavy atom. The lowest BCUT2D eigenvalue weighted by molar-refractivity contribution is 0.120. The first-order chi connectivity index (χ1) is 6.24. The second-order valence-corrected chi connectivity index (χ2v) is 3.47. The van der Waals surface area contributed by atoms with Gasteiger partial charge in [0.1, 0.15) is 0 Å². The summed E-state index contributed by atoms with van der Waals surface area (Å²) in [4.78, 5) is 0. The van der Waals surface area contributed by atoms with Crippen molar-refractivity contribution in [2.24, 2.45) is 5.41 Å². The third-order valence-corrected chi connectivity index (χ3v) is 2.37. The van der Waals surface area contributed by atoms with Gasteiger partial charge in [-0.2, -0.15) is 0 Å². The van der Waals surface area contributed by atoms with Crippen LogP contribution >= 0.6 is 0 Å². The predicted octanol–water partition coefficient (Wildman–Crippen LogP) is 3.08. The van der Waals surface area contributed by atoms with Crippen LogP contribution in [0.25, 0.3) is 0 Å². The van der Waals surface area contributed by atoms with Gasteiger partial charge < -0.3 is 5.11 Å². The lowest BCUT2D eigenvalue weighted by Gasteiger charge is -2.29. The maximum atomic E-state index is 9.34. The van der Waals surface area contributed by atoms with E-state index in [1.54, 1.807) is 0 Å². The van der Waals surface area contributed by atoms with E-state index in [0.717, 1.165) is 25.7 Å². The molecule has 0 saturated heterocycles. The molecule has 74 valence electrons. The van der Waals surface area contributed by atoms with Crippen LogP contribution in [-0.4, -0.2) is 11.7 Å². The number of aliphatic hydroxyl groups is 1. The average Bonchev–Trinajstić information content (AvgIpc) is 2.15. The van der Waals surface area contributed by atoms with Gasteiger partial charge in [0.2, 0.25) is 0 Å². The molecule has 0 spiro atoms. The van der Waals surface area contributed by atoms with Crippen molar-refractivity contribution in [3.63, 3.8) is 0 Å². The normalized spacial score (nSPS) is 10.8.